The van der Waals surface area contributed by atoms with Crippen LogP contribution in [0.25, 0.3) is 0 Å². The first-order valence-corrected chi connectivity index (χ1v) is 6.88. The van der Waals surface area contributed by atoms with Crippen LogP contribution in [0.15, 0.2) is 41.0 Å². The number of hydrogen-bond donors (Lipinski definition) is 1. The van der Waals surface area contributed by atoms with E-state index in [1.165, 1.54) is 0 Å². The van der Waals surface area contributed by atoms with Crippen LogP contribution in [-0.2, 0) is 6.61 Å². The zero-order chi connectivity index (χ0) is 13.8. The molecule has 4 heteroatoms. The van der Waals surface area contributed by atoms with Gasteiger partial charge >= 0.3 is 0 Å². The number of aromatic nitrogens is 1. The minimum Gasteiger partial charge on any atom is -0.487 e. The maximum Gasteiger partial charge on any atom is 0.130 e. The lowest BCUT2D eigenvalue weighted by molar-refractivity contribution is 0.189. The molecule has 1 aromatic carbocycles. The average Bonchev–Trinajstić information content (AvgIpc) is 2.38. The standard InChI is InChI=1S/C15H16BrNO2/c1-10-4-3-7-17-14(10)9-19-15-6-5-12(16)8-13(15)11(2)18/h3-8,11,18H,9H2,1-2H3. The number of benzene rings is 1. The normalized spacial score (nSPS) is 12.2. The molecule has 0 spiro atoms. The Morgan fingerprint density at radius 1 is 1.37 bits per heavy atom. The molecule has 0 fully saturated rings. The van der Waals surface area contributed by atoms with Crippen LogP contribution < -0.4 is 4.74 Å². The molecule has 3 nitrogen and oxygen atoms in total. The quantitative estimate of drug-likeness (QED) is 0.931. The zero-order valence-electron chi connectivity index (χ0n) is 10.9. The van der Waals surface area contributed by atoms with Crippen LogP contribution in [0.4, 0.5) is 0 Å². The van der Waals surface area contributed by atoms with Crippen molar-refractivity contribution in [2.75, 3.05) is 0 Å². The van der Waals surface area contributed by atoms with Gasteiger partial charge in [-0.25, -0.2) is 0 Å². The van der Waals surface area contributed by atoms with E-state index in [4.69, 9.17) is 4.74 Å². The molecule has 0 aliphatic rings. The summed E-state index contributed by atoms with van der Waals surface area (Å²) in [4.78, 5) is 4.29. The Bertz CT molecular complexity index is 570. The Labute approximate surface area is 121 Å². The molecule has 19 heavy (non-hydrogen) atoms. The predicted octanol–water partition coefficient (Wildman–Crippen LogP) is 3.78. The van der Waals surface area contributed by atoms with Crippen LogP contribution in [0.2, 0.25) is 0 Å². The van der Waals surface area contributed by atoms with Crippen molar-refractivity contribution < 1.29 is 9.84 Å². The first kappa shape index (κ1) is 14.0. The molecule has 2 rings (SSSR count). The molecule has 2 aromatic rings. The van der Waals surface area contributed by atoms with E-state index in [1.54, 1.807) is 13.1 Å². The minimum atomic E-state index is -0.572. The van der Waals surface area contributed by atoms with E-state index in [0.29, 0.717) is 12.4 Å². The molecular formula is C15H16BrNO2. The topological polar surface area (TPSA) is 42.4 Å². The van der Waals surface area contributed by atoms with E-state index < -0.39 is 6.10 Å². The second-order valence-corrected chi connectivity index (χ2v) is 5.33. The van der Waals surface area contributed by atoms with Crippen LogP contribution in [0, 0.1) is 6.92 Å². The van der Waals surface area contributed by atoms with Gasteiger partial charge in [0.15, 0.2) is 0 Å². The van der Waals surface area contributed by atoms with E-state index in [2.05, 4.69) is 20.9 Å². The Hall–Kier alpha value is -1.39. The average molecular weight is 322 g/mol. The summed E-state index contributed by atoms with van der Waals surface area (Å²) >= 11 is 3.39. The first-order valence-electron chi connectivity index (χ1n) is 6.08. The molecule has 0 aliphatic carbocycles. The van der Waals surface area contributed by atoms with Crippen LogP contribution in [0.3, 0.4) is 0 Å². The van der Waals surface area contributed by atoms with E-state index in [0.717, 1.165) is 21.3 Å². The molecule has 0 saturated heterocycles. The summed E-state index contributed by atoms with van der Waals surface area (Å²) in [5, 5.41) is 9.76. The Morgan fingerprint density at radius 2 is 2.16 bits per heavy atom. The van der Waals surface area contributed by atoms with Crippen molar-refractivity contribution in [2.24, 2.45) is 0 Å². The Morgan fingerprint density at radius 3 is 2.84 bits per heavy atom. The number of pyridine rings is 1. The molecule has 0 saturated carbocycles. The van der Waals surface area contributed by atoms with Gasteiger partial charge in [-0.05, 0) is 43.7 Å². The van der Waals surface area contributed by atoms with Gasteiger partial charge in [0.25, 0.3) is 0 Å². The van der Waals surface area contributed by atoms with Crippen molar-refractivity contribution in [1.29, 1.82) is 0 Å². The monoisotopic (exact) mass is 321 g/mol. The van der Waals surface area contributed by atoms with Gasteiger partial charge in [0, 0.05) is 16.2 Å². The van der Waals surface area contributed by atoms with Gasteiger partial charge in [0.05, 0.1) is 11.8 Å². The molecule has 0 bridgehead atoms. The fourth-order valence-electron chi connectivity index (χ4n) is 1.79. The highest BCUT2D eigenvalue weighted by Crippen LogP contribution is 2.29. The van der Waals surface area contributed by atoms with E-state index in [-0.39, 0.29) is 0 Å². The van der Waals surface area contributed by atoms with E-state index in [9.17, 15) is 5.11 Å². The SMILES string of the molecule is Cc1cccnc1COc1ccc(Br)cc1C(C)O. The molecule has 1 aromatic heterocycles. The van der Waals surface area contributed by atoms with Crippen molar-refractivity contribution in [3.8, 4) is 5.75 Å². The number of aliphatic hydroxyl groups excluding tert-OH is 1. The Balaban J connectivity index is 2.18. The third-order valence-electron chi connectivity index (χ3n) is 2.90. The third kappa shape index (κ3) is 3.55. The van der Waals surface area contributed by atoms with Crippen LogP contribution in [0.1, 0.15) is 29.8 Å². The maximum atomic E-state index is 9.76. The summed E-state index contributed by atoms with van der Waals surface area (Å²) in [6.07, 6.45) is 1.18. The zero-order valence-corrected chi connectivity index (χ0v) is 12.5. The molecule has 0 aliphatic heterocycles. The van der Waals surface area contributed by atoms with Gasteiger partial charge in [-0.15, -0.1) is 0 Å². The fourth-order valence-corrected chi connectivity index (χ4v) is 2.17. The smallest absolute Gasteiger partial charge is 0.130 e. The molecule has 1 heterocycles. The highest BCUT2D eigenvalue weighted by molar-refractivity contribution is 9.10. The largest absolute Gasteiger partial charge is 0.487 e. The maximum absolute atomic E-state index is 9.76. The van der Waals surface area contributed by atoms with Gasteiger partial charge in [0.2, 0.25) is 0 Å². The van der Waals surface area contributed by atoms with E-state index >= 15 is 0 Å². The lowest BCUT2D eigenvalue weighted by Crippen LogP contribution is -2.03. The van der Waals surface area contributed by atoms with Gasteiger partial charge in [-0.3, -0.25) is 4.98 Å². The molecule has 1 unspecified atom stereocenters. The summed E-state index contributed by atoms with van der Waals surface area (Å²) in [5.41, 5.74) is 2.77. The lowest BCUT2D eigenvalue weighted by atomic mass is 10.1. The minimum absolute atomic E-state index is 0.397. The van der Waals surface area contributed by atoms with Crippen molar-refractivity contribution in [3.05, 3.63) is 57.8 Å². The molecule has 1 N–H and O–H groups in total. The third-order valence-corrected chi connectivity index (χ3v) is 3.40. The second-order valence-electron chi connectivity index (χ2n) is 4.41. The van der Waals surface area contributed by atoms with Crippen LogP contribution in [-0.4, -0.2) is 10.1 Å². The van der Waals surface area contributed by atoms with Gasteiger partial charge in [0.1, 0.15) is 12.4 Å². The summed E-state index contributed by atoms with van der Waals surface area (Å²) in [5.74, 6) is 0.684. The van der Waals surface area contributed by atoms with Crippen molar-refractivity contribution in [1.82, 2.24) is 4.98 Å². The van der Waals surface area contributed by atoms with Crippen molar-refractivity contribution in [2.45, 2.75) is 26.6 Å². The number of ether oxygens (including phenoxy) is 1. The molecular weight excluding hydrogens is 306 g/mol. The first-order chi connectivity index (χ1) is 9.08. The molecule has 0 radical (unpaired) electrons. The Kier molecular flexibility index (Phi) is 4.56. The number of rotatable bonds is 4. The van der Waals surface area contributed by atoms with Crippen molar-refractivity contribution in [3.63, 3.8) is 0 Å². The summed E-state index contributed by atoms with van der Waals surface area (Å²) in [6, 6.07) is 9.52. The van der Waals surface area contributed by atoms with Crippen molar-refractivity contribution >= 4 is 15.9 Å². The number of aryl methyl sites for hydroxylation is 1. The van der Waals surface area contributed by atoms with Gasteiger partial charge in [-0.2, -0.15) is 0 Å². The van der Waals surface area contributed by atoms with Gasteiger partial charge in [-0.1, -0.05) is 22.0 Å². The molecule has 1 atom stereocenters. The van der Waals surface area contributed by atoms with Crippen LogP contribution in [0.5, 0.6) is 5.75 Å². The number of nitrogens with zero attached hydrogens (tertiary/aromatic N) is 1. The summed E-state index contributed by atoms with van der Waals surface area (Å²) < 4.78 is 6.70. The number of aliphatic hydroxyl groups is 1. The highest BCUT2D eigenvalue weighted by Gasteiger charge is 2.10. The van der Waals surface area contributed by atoms with Crippen LogP contribution >= 0.6 is 15.9 Å². The highest BCUT2D eigenvalue weighted by atomic mass is 79.9. The van der Waals surface area contributed by atoms with Gasteiger partial charge < -0.3 is 9.84 Å². The lowest BCUT2D eigenvalue weighted by Gasteiger charge is -2.14. The number of halogens is 1. The fraction of sp³-hybridized carbons (Fsp3) is 0.267. The summed E-state index contributed by atoms with van der Waals surface area (Å²) in [7, 11) is 0. The molecule has 100 valence electrons. The second kappa shape index (κ2) is 6.17. The predicted molar refractivity (Wildman–Crippen MR) is 78.1 cm³/mol. The summed E-state index contributed by atoms with van der Waals surface area (Å²) in [6.45, 7) is 4.12. The molecule has 0 amide bonds. The number of hydrogen-bond acceptors (Lipinski definition) is 3. The van der Waals surface area contributed by atoms with E-state index in [1.807, 2.05) is 37.3 Å².